The number of rotatable bonds is 4. The minimum atomic E-state index is 0.287. The first-order valence-corrected chi connectivity index (χ1v) is 14.7. The third-order valence-electron chi connectivity index (χ3n) is 9.07. The molecule has 4 aromatic rings. The SMILES string of the molecule is Cc1nc2ccc(-c3ccc4c(c3)CC(C)C(CC(=O)N3CCN(c5cccc(C)c5C)CC3)CCO4)cc2[nH]1. The highest BCUT2D eigenvalue weighted by Crippen LogP contribution is 2.35. The van der Waals surface area contributed by atoms with Crippen molar-refractivity contribution in [1.29, 1.82) is 0 Å². The molecule has 1 amide bonds. The van der Waals surface area contributed by atoms with Gasteiger partial charge in [0.1, 0.15) is 11.6 Å². The van der Waals surface area contributed by atoms with Crippen LogP contribution < -0.4 is 9.64 Å². The van der Waals surface area contributed by atoms with Crippen LogP contribution in [0.4, 0.5) is 5.69 Å². The third kappa shape index (κ3) is 5.32. The maximum atomic E-state index is 13.4. The lowest BCUT2D eigenvalue weighted by Crippen LogP contribution is -2.49. The smallest absolute Gasteiger partial charge is 0.222 e. The Balaban J connectivity index is 1.11. The molecule has 1 fully saturated rings. The van der Waals surface area contributed by atoms with Crippen LogP contribution >= 0.6 is 0 Å². The van der Waals surface area contributed by atoms with E-state index in [0.29, 0.717) is 24.9 Å². The van der Waals surface area contributed by atoms with E-state index in [2.05, 4.69) is 95.1 Å². The lowest BCUT2D eigenvalue weighted by molar-refractivity contribution is -0.133. The van der Waals surface area contributed by atoms with Crippen molar-refractivity contribution in [2.75, 3.05) is 37.7 Å². The number of nitrogens with one attached hydrogen (secondary N) is 1. The van der Waals surface area contributed by atoms with Gasteiger partial charge in [-0.15, -0.1) is 0 Å². The Kier molecular flexibility index (Phi) is 7.26. The Bertz CT molecular complexity index is 1530. The van der Waals surface area contributed by atoms with E-state index < -0.39 is 0 Å². The summed E-state index contributed by atoms with van der Waals surface area (Å²) >= 11 is 0. The van der Waals surface area contributed by atoms with Gasteiger partial charge in [0, 0.05) is 38.3 Å². The zero-order chi connectivity index (χ0) is 27.8. The van der Waals surface area contributed by atoms with E-state index in [1.165, 1.54) is 33.5 Å². The number of nitrogens with zero attached hydrogens (tertiary/aromatic N) is 3. The molecule has 1 N–H and O–H groups in total. The van der Waals surface area contributed by atoms with Gasteiger partial charge >= 0.3 is 0 Å². The van der Waals surface area contributed by atoms with Gasteiger partial charge in [0.05, 0.1) is 17.6 Å². The number of H-pyrrole nitrogens is 1. The fourth-order valence-corrected chi connectivity index (χ4v) is 6.43. The number of aromatic nitrogens is 2. The summed E-state index contributed by atoms with van der Waals surface area (Å²) in [4.78, 5) is 25.8. The number of benzene rings is 3. The highest BCUT2D eigenvalue weighted by molar-refractivity contribution is 5.82. The van der Waals surface area contributed by atoms with Crippen LogP contribution in [-0.4, -0.2) is 53.6 Å². The second kappa shape index (κ2) is 11.0. The molecule has 2 unspecified atom stereocenters. The van der Waals surface area contributed by atoms with E-state index in [0.717, 1.165) is 61.6 Å². The summed E-state index contributed by atoms with van der Waals surface area (Å²) in [5.41, 5.74) is 9.58. The Hall–Kier alpha value is -3.80. The number of ether oxygens (including phenoxy) is 1. The molecular formula is C34H40N4O2. The number of carbonyl (C=O) groups is 1. The van der Waals surface area contributed by atoms with Gasteiger partial charge in [0.2, 0.25) is 5.91 Å². The molecule has 0 aliphatic carbocycles. The average molecular weight is 537 g/mol. The Morgan fingerprint density at radius 2 is 1.77 bits per heavy atom. The molecule has 3 aromatic carbocycles. The second-order valence-corrected chi connectivity index (χ2v) is 11.7. The largest absolute Gasteiger partial charge is 0.493 e. The molecule has 0 saturated carbocycles. The van der Waals surface area contributed by atoms with Crippen LogP contribution in [0.1, 0.15) is 42.3 Å². The van der Waals surface area contributed by atoms with E-state index in [9.17, 15) is 4.79 Å². The number of piperazine rings is 1. The van der Waals surface area contributed by atoms with Gasteiger partial charge in [0.15, 0.2) is 0 Å². The van der Waals surface area contributed by atoms with E-state index >= 15 is 0 Å². The number of anilines is 1. The lowest BCUT2D eigenvalue weighted by Gasteiger charge is -2.38. The van der Waals surface area contributed by atoms with Gasteiger partial charge in [-0.2, -0.15) is 0 Å². The van der Waals surface area contributed by atoms with Gasteiger partial charge in [0.25, 0.3) is 0 Å². The summed E-state index contributed by atoms with van der Waals surface area (Å²) in [7, 11) is 0. The molecule has 0 radical (unpaired) electrons. The van der Waals surface area contributed by atoms with Gasteiger partial charge in [-0.25, -0.2) is 4.98 Å². The molecule has 0 bridgehead atoms. The lowest BCUT2D eigenvalue weighted by atomic mass is 9.82. The minimum absolute atomic E-state index is 0.287. The Morgan fingerprint density at radius 3 is 2.60 bits per heavy atom. The topological polar surface area (TPSA) is 61.5 Å². The quantitative estimate of drug-likeness (QED) is 0.325. The van der Waals surface area contributed by atoms with Gasteiger partial charge in [-0.05, 0) is 104 Å². The maximum Gasteiger partial charge on any atom is 0.222 e. The van der Waals surface area contributed by atoms with Crippen molar-refractivity contribution in [3.63, 3.8) is 0 Å². The monoisotopic (exact) mass is 536 g/mol. The highest BCUT2D eigenvalue weighted by atomic mass is 16.5. The van der Waals surface area contributed by atoms with Crippen molar-refractivity contribution >= 4 is 22.6 Å². The Morgan fingerprint density at radius 1 is 1.00 bits per heavy atom. The normalized spacial score (nSPS) is 19.6. The molecule has 208 valence electrons. The molecule has 3 heterocycles. The van der Waals surface area contributed by atoms with E-state index in [4.69, 9.17) is 4.74 Å². The summed E-state index contributed by atoms with van der Waals surface area (Å²) in [5, 5.41) is 0. The molecule has 40 heavy (non-hydrogen) atoms. The van der Waals surface area contributed by atoms with E-state index in [1.807, 2.05) is 6.92 Å². The number of hydrogen-bond acceptors (Lipinski definition) is 4. The van der Waals surface area contributed by atoms with Crippen molar-refractivity contribution in [3.05, 3.63) is 77.1 Å². The number of aryl methyl sites for hydroxylation is 2. The first kappa shape index (κ1) is 26.4. The zero-order valence-electron chi connectivity index (χ0n) is 24.2. The summed E-state index contributed by atoms with van der Waals surface area (Å²) in [5.74, 6) is 2.90. The molecule has 2 aliphatic rings. The molecule has 2 aliphatic heterocycles. The van der Waals surface area contributed by atoms with Crippen LogP contribution in [0.3, 0.4) is 0 Å². The number of aromatic amines is 1. The van der Waals surface area contributed by atoms with Gasteiger partial charge < -0.3 is 19.5 Å². The van der Waals surface area contributed by atoms with Crippen LogP contribution in [0.15, 0.2) is 54.6 Å². The summed E-state index contributed by atoms with van der Waals surface area (Å²) in [6.45, 7) is 12.6. The molecule has 0 spiro atoms. The number of amides is 1. The van der Waals surface area contributed by atoms with Crippen molar-refractivity contribution in [2.45, 2.75) is 47.0 Å². The number of carbonyl (C=O) groups excluding carboxylic acids is 1. The molecule has 6 heteroatoms. The summed E-state index contributed by atoms with van der Waals surface area (Å²) in [6, 6.07) is 19.4. The minimum Gasteiger partial charge on any atom is -0.493 e. The number of fused-ring (bicyclic) bond motifs is 2. The van der Waals surface area contributed by atoms with E-state index in [1.54, 1.807) is 0 Å². The average Bonchev–Trinajstić information content (AvgIpc) is 3.33. The standard InChI is InChI=1S/C34H40N4O2/c1-22-6-5-7-32(24(22)3)37-13-15-38(16-14-37)34(39)21-26-12-17-40-33-11-9-27(19-29(33)18-23(26)2)28-8-10-30-31(20-28)36-25(4)35-30/h5-11,19-20,23,26H,12-18,21H2,1-4H3,(H,35,36). The maximum absolute atomic E-state index is 13.4. The fraction of sp³-hybridized carbons (Fsp3) is 0.412. The Labute approximate surface area is 237 Å². The van der Waals surface area contributed by atoms with Gasteiger partial charge in [-0.1, -0.05) is 31.2 Å². The van der Waals surface area contributed by atoms with Crippen LogP contribution in [0.25, 0.3) is 22.2 Å². The van der Waals surface area contributed by atoms with Crippen LogP contribution in [0.5, 0.6) is 5.75 Å². The van der Waals surface area contributed by atoms with Crippen molar-refractivity contribution in [1.82, 2.24) is 14.9 Å². The first-order valence-electron chi connectivity index (χ1n) is 14.7. The van der Waals surface area contributed by atoms with Gasteiger partial charge in [-0.3, -0.25) is 4.79 Å². The molecule has 2 atom stereocenters. The van der Waals surface area contributed by atoms with Crippen molar-refractivity contribution in [3.8, 4) is 16.9 Å². The number of hydrogen-bond donors (Lipinski definition) is 1. The molecule has 6 nitrogen and oxygen atoms in total. The molecule has 6 rings (SSSR count). The number of imidazole rings is 1. The zero-order valence-corrected chi connectivity index (χ0v) is 24.2. The van der Waals surface area contributed by atoms with Crippen LogP contribution in [-0.2, 0) is 11.2 Å². The fourth-order valence-electron chi connectivity index (χ4n) is 6.43. The molecule has 1 aromatic heterocycles. The first-order chi connectivity index (χ1) is 19.4. The van der Waals surface area contributed by atoms with Crippen LogP contribution in [0, 0.1) is 32.6 Å². The predicted molar refractivity (Wildman–Crippen MR) is 162 cm³/mol. The second-order valence-electron chi connectivity index (χ2n) is 11.7. The van der Waals surface area contributed by atoms with Crippen molar-refractivity contribution in [2.24, 2.45) is 11.8 Å². The van der Waals surface area contributed by atoms with Crippen LogP contribution in [0.2, 0.25) is 0 Å². The summed E-state index contributed by atoms with van der Waals surface area (Å²) < 4.78 is 6.23. The molecular weight excluding hydrogens is 496 g/mol. The third-order valence-corrected chi connectivity index (χ3v) is 9.07. The van der Waals surface area contributed by atoms with Crippen molar-refractivity contribution < 1.29 is 9.53 Å². The molecule has 1 saturated heterocycles. The van der Waals surface area contributed by atoms with E-state index in [-0.39, 0.29) is 5.91 Å². The summed E-state index contributed by atoms with van der Waals surface area (Å²) in [6.07, 6.45) is 2.41. The predicted octanol–water partition coefficient (Wildman–Crippen LogP) is 6.47. The highest BCUT2D eigenvalue weighted by Gasteiger charge is 2.28.